The summed E-state index contributed by atoms with van der Waals surface area (Å²) in [4.78, 5) is 15.0. The molecule has 0 amide bonds. The van der Waals surface area contributed by atoms with Crippen molar-refractivity contribution < 1.29 is 15.0 Å². The molecule has 0 aliphatic heterocycles. The van der Waals surface area contributed by atoms with Gasteiger partial charge in [-0.25, -0.2) is 4.98 Å². The number of carboxylic acids is 1. The van der Waals surface area contributed by atoms with Crippen LogP contribution >= 0.6 is 23.1 Å². The Morgan fingerprint density at radius 1 is 1.55 bits per heavy atom. The fourth-order valence-electron chi connectivity index (χ4n) is 1.82. The Morgan fingerprint density at radius 3 is 2.90 bits per heavy atom. The number of thiazole rings is 1. The highest BCUT2D eigenvalue weighted by Gasteiger charge is 2.23. The van der Waals surface area contributed by atoms with Crippen molar-refractivity contribution >= 4 is 29.1 Å². The van der Waals surface area contributed by atoms with Crippen LogP contribution in [0.15, 0.2) is 16.7 Å². The number of thioether (sulfide) groups is 1. The van der Waals surface area contributed by atoms with E-state index < -0.39 is 5.97 Å². The lowest BCUT2D eigenvalue weighted by molar-refractivity contribution is -0.133. The number of rotatable bonds is 7. The first-order chi connectivity index (χ1) is 9.67. The predicted octanol–water partition coefficient (Wildman–Crippen LogP) is 1.40. The number of aromatic nitrogens is 4. The number of hydrogen-bond acceptors (Lipinski definition) is 7. The third-order valence-corrected chi connectivity index (χ3v) is 4.44. The van der Waals surface area contributed by atoms with Crippen molar-refractivity contribution in [3.8, 4) is 0 Å². The maximum absolute atomic E-state index is 10.7. The molecule has 0 saturated carbocycles. The third-order valence-electron chi connectivity index (χ3n) is 2.64. The van der Waals surface area contributed by atoms with E-state index in [1.54, 1.807) is 10.8 Å². The van der Waals surface area contributed by atoms with E-state index in [-0.39, 0.29) is 18.4 Å². The van der Waals surface area contributed by atoms with Crippen LogP contribution in [0.1, 0.15) is 30.2 Å². The molecule has 0 aromatic carbocycles. The SMILES string of the molecule is CCC(c1nccs1)n1c(CO)nnc1SCC(=O)O. The normalized spacial score (nSPS) is 12.5. The van der Waals surface area contributed by atoms with Gasteiger partial charge in [-0.2, -0.15) is 0 Å². The van der Waals surface area contributed by atoms with Gasteiger partial charge in [-0.05, 0) is 6.42 Å². The number of carbonyl (C=O) groups is 1. The van der Waals surface area contributed by atoms with Crippen molar-refractivity contribution in [1.82, 2.24) is 19.7 Å². The lowest BCUT2D eigenvalue weighted by Crippen LogP contribution is -2.15. The molecule has 0 bridgehead atoms. The molecule has 9 heteroatoms. The molecule has 0 saturated heterocycles. The van der Waals surface area contributed by atoms with Crippen LogP contribution in [0.4, 0.5) is 0 Å². The van der Waals surface area contributed by atoms with E-state index in [1.165, 1.54) is 11.3 Å². The summed E-state index contributed by atoms with van der Waals surface area (Å²) in [6, 6.07) is -0.0940. The molecule has 7 nitrogen and oxygen atoms in total. The summed E-state index contributed by atoms with van der Waals surface area (Å²) < 4.78 is 1.77. The van der Waals surface area contributed by atoms with E-state index in [9.17, 15) is 9.90 Å². The van der Waals surface area contributed by atoms with Crippen molar-refractivity contribution in [2.24, 2.45) is 0 Å². The summed E-state index contributed by atoms with van der Waals surface area (Å²) in [5, 5.41) is 29.3. The minimum atomic E-state index is -0.919. The number of aliphatic carboxylic acids is 1. The Hall–Kier alpha value is -1.45. The van der Waals surface area contributed by atoms with Crippen LogP contribution in [0.3, 0.4) is 0 Å². The molecular weight excluding hydrogens is 300 g/mol. The van der Waals surface area contributed by atoms with Crippen LogP contribution in [0.5, 0.6) is 0 Å². The van der Waals surface area contributed by atoms with Crippen LogP contribution < -0.4 is 0 Å². The van der Waals surface area contributed by atoms with Gasteiger partial charge in [0.25, 0.3) is 0 Å². The average molecular weight is 314 g/mol. The monoisotopic (exact) mass is 314 g/mol. The van der Waals surface area contributed by atoms with Gasteiger partial charge in [-0.3, -0.25) is 9.36 Å². The van der Waals surface area contributed by atoms with Crippen molar-refractivity contribution in [2.45, 2.75) is 31.1 Å². The first-order valence-corrected chi connectivity index (χ1v) is 7.82. The molecule has 0 aliphatic carbocycles. The zero-order valence-electron chi connectivity index (χ0n) is 10.8. The Labute approximate surface area is 123 Å². The molecule has 2 rings (SSSR count). The predicted molar refractivity (Wildman–Crippen MR) is 74.8 cm³/mol. The molecule has 0 radical (unpaired) electrons. The van der Waals surface area contributed by atoms with Crippen LogP contribution in [-0.2, 0) is 11.4 Å². The molecule has 0 aliphatic rings. The minimum Gasteiger partial charge on any atom is -0.481 e. The van der Waals surface area contributed by atoms with Gasteiger partial charge in [-0.15, -0.1) is 21.5 Å². The number of carboxylic acid groups (broad SMARTS) is 1. The zero-order valence-corrected chi connectivity index (χ0v) is 12.4. The van der Waals surface area contributed by atoms with E-state index in [0.29, 0.717) is 11.0 Å². The van der Waals surface area contributed by atoms with Gasteiger partial charge >= 0.3 is 5.97 Å². The Kier molecular flexibility index (Phi) is 5.10. The van der Waals surface area contributed by atoms with Crippen molar-refractivity contribution in [3.05, 3.63) is 22.4 Å². The molecule has 20 heavy (non-hydrogen) atoms. The molecule has 1 unspecified atom stereocenters. The summed E-state index contributed by atoms with van der Waals surface area (Å²) in [6.07, 6.45) is 2.47. The van der Waals surface area contributed by atoms with Crippen LogP contribution in [0.2, 0.25) is 0 Å². The fourth-order valence-corrected chi connectivity index (χ4v) is 3.35. The summed E-state index contributed by atoms with van der Waals surface area (Å²) in [5.74, 6) is -0.602. The maximum Gasteiger partial charge on any atom is 0.313 e. The molecule has 2 heterocycles. The molecular formula is C11H14N4O3S2. The minimum absolute atomic E-state index is 0.0940. The van der Waals surface area contributed by atoms with Gasteiger partial charge in [0.2, 0.25) is 0 Å². The highest BCUT2D eigenvalue weighted by atomic mass is 32.2. The smallest absolute Gasteiger partial charge is 0.313 e. The molecule has 1 atom stereocenters. The van der Waals surface area contributed by atoms with Gasteiger partial charge in [0.15, 0.2) is 11.0 Å². The average Bonchev–Trinajstić information content (AvgIpc) is 3.07. The van der Waals surface area contributed by atoms with Crippen molar-refractivity contribution in [1.29, 1.82) is 0 Å². The van der Waals surface area contributed by atoms with Crippen LogP contribution in [-0.4, -0.2) is 41.7 Å². The van der Waals surface area contributed by atoms with E-state index in [0.717, 1.165) is 23.2 Å². The Balaban J connectivity index is 2.36. The highest BCUT2D eigenvalue weighted by molar-refractivity contribution is 7.99. The van der Waals surface area contributed by atoms with Crippen molar-refractivity contribution in [2.75, 3.05) is 5.75 Å². The molecule has 2 N–H and O–H groups in total. The third kappa shape index (κ3) is 3.17. The largest absolute Gasteiger partial charge is 0.481 e. The van der Waals surface area contributed by atoms with E-state index >= 15 is 0 Å². The van der Waals surface area contributed by atoms with Gasteiger partial charge in [0.05, 0.1) is 11.8 Å². The van der Waals surface area contributed by atoms with Crippen molar-refractivity contribution in [3.63, 3.8) is 0 Å². The number of nitrogens with zero attached hydrogens (tertiary/aromatic N) is 4. The second-order valence-corrected chi connectivity index (χ2v) is 5.77. The molecule has 0 fully saturated rings. The standard InChI is InChI=1S/C11H14N4O3S2/c1-2-7(10-12-3-4-19-10)15-8(5-16)13-14-11(15)20-6-9(17)18/h3-4,7,16H,2,5-6H2,1H3,(H,17,18). The lowest BCUT2D eigenvalue weighted by Gasteiger charge is -2.17. The Morgan fingerprint density at radius 2 is 2.35 bits per heavy atom. The summed E-state index contributed by atoms with van der Waals surface area (Å²) in [5.41, 5.74) is 0. The molecule has 0 spiro atoms. The number of aliphatic hydroxyl groups excluding tert-OH is 1. The summed E-state index contributed by atoms with van der Waals surface area (Å²) in [6.45, 7) is 1.75. The fraction of sp³-hybridized carbons (Fsp3) is 0.455. The first kappa shape index (κ1) is 14.9. The van der Waals surface area contributed by atoms with Gasteiger partial charge in [0.1, 0.15) is 11.6 Å². The Bertz CT molecular complexity index is 570. The van der Waals surface area contributed by atoms with Crippen LogP contribution in [0, 0.1) is 0 Å². The van der Waals surface area contributed by atoms with E-state index in [1.807, 2.05) is 12.3 Å². The second kappa shape index (κ2) is 6.82. The first-order valence-electron chi connectivity index (χ1n) is 5.96. The number of hydrogen-bond donors (Lipinski definition) is 2. The number of aliphatic hydroxyl groups is 1. The topological polar surface area (TPSA) is 101 Å². The van der Waals surface area contributed by atoms with E-state index in [2.05, 4.69) is 15.2 Å². The van der Waals surface area contributed by atoms with E-state index in [4.69, 9.17) is 5.11 Å². The van der Waals surface area contributed by atoms with Gasteiger partial charge < -0.3 is 10.2 Å². The van der Waals surface area contributed by atoms with Gasteiger partial charge in [-0.1, -0.05) is 18.7 Å². The second-order valence-electron chi connectivity index (χ2n) is 3.90. The van der Waals surface area contributed by atoms with Gasteiger partial charge in [0, 0.05) is 11.6 Å². The quantitative estimate of drug-likeness (QED) is 0.745. The molecule has 2 aromatic heterocycles. The molecule has 2 aromatic rings. The maximum atomic E-state index is 10.7. The summed E-state index contributed by atoms with van der Waals surface area (Å²) >= 11 is 2.60. The van der Waals surface area contributed by atoms with Crippen LogP contribution in [0.25, 0.3) is 0 Å². The lowest BCUT2D eigenvalue weighted by atomic mass is 10.2. The highest BCUT2D eigenvalue weighted by Crippen LogP contribution is 2.29. The molecule has 108 valence electrons. The summed E-state index contributed by atoms with van der Waals surface area (Å²) in [7, 11) is 0. The zero-order chi connectivity index (χ0) is 14.5.